The SMILES string of the molecule is CCOc1ccccc1C(=O)OCC(=O)N[C@@H](C)c1ccc(Cl)c(Cl)c1. The summed E-state index contributed by atoms with van der Waals surface area (Å²) in [7, 11) is 0. The lowest BCUT2D eigenvalue weighted by Gasteiger charge is -2.15. The number of esters is 1. The Hall–Kier alpha value is -2.24. The topological polar surface area (TPSA) is 64.6 Å². The van der Waals surface area contributed by atoms with E-state index in [1.807, 2.05) is 6.92 Å². The van der Waals surface area contributed by atoms with E-state index < -0.39 is 18.5 Å². The average Bonchev–Trinajstić information content (AvgIpc) is 2.62. The zero-order chi connectivity index (χ0) is 19.1. The van der Waals surface area contributed by atoms with E-state index in [2.05, 4.69) is 5.32 Å². The van der Waals surface area contributed by atoms with Crippen molar-refractivity contribution >= 4 is 35.1 Å². The quantitative estimate of drug-likeness (QED) is 0.704. The van der Waals surface area contributed by atoms with Crippen LogP contribution in [0.4, 0.5) is 0 Å². The Morgan fingerprint density at radius 2 is 1.85 bits per heavy atom. The Balaban J connectivity index is 1.92. The minimum atomic E-state index is -0.619. The average molecular weight is 396 g/mol. The molecule has 0 aromatic heterocycles. The van der Waals surface area contributed by atoms with Gasteiger partial charge in [-0.25, -0.2) is 4.79 Å². The second-order valence-corrected chi connectivity index (χ2v) is 6.28. The van der Waals surface area contributed by atoms with Crippen LogP contribution in [0.3, 0.4) is 0 Å². The van der Waals surface area contributed by atoms with Crippen molar-refractivity contribution in [1.82, 2.24) is 5.32 Å². The number of halogens is 2. The van der Waals surface area contributed by atoms with E-state index in [1.54, 1.807) is 49.4 Å². The highest BCUT2D eigenvalue weighted by atomic mass is 35.5. The number of hydrogen-bond acceptors (Lipinski definition) is 4. The summed E-state index contributed by atoms with van der Waals surface area (Å²) in [5.74, 6) is -0.623. The van der Waals surface area contributed by atoms with Gasteiger partial charge in [-0.15, -0.1) is 0 Å². The molecule has 2 rings (SSSR count). The summed E-state index contributed by atoms with van der Waals surface area (Å²) in [5.41, 5.74) is 1.07. The lowest BCUT2D eigenvalue weighted by molar-refractivity contribution is -0.124. The first kappa shape index (κ1) is 20.1. The predicted molar refractivity (Wildman–Crippen MR) is 101 cm³/mol. The minimum absolute atomic E-state index is 0.277. The van der Waals surface area contributed by atoms with Gasteiger partial charge in [-0.3, -0.25) is 4.79 Å². The zero-order valence-corrected chi connectivity index (χ0v) is 15.9. The summed E-state index contributed by atoms with van der Waals surface area (Å²) in [4.78, 5) is 24.2. The van der Waals surface area contributed by atoms with Gasteiger partial charge in [0.05, 0.1) is 22.7 Å². The van der Waals surface area contributed by atoms with Crippen molar-refractivity contribution in [3.05, 3.63) is 63.6 Å². The third-order valence-corrected chi connectivity index (χ3v) is 4.30. The van der Waals surface area contributed by atoms with Crippen LogP contribution in [0.2, 0.25) is 10.0 Å². The second-order valence-electron chi connectivity index (χ2n) is 5.47. The van der Waals surface area contributed by atoms with Gasteiger partial charge in [0.15, 0.2) is 6.61 Å². The van der Waals surface area contributed by atoms with Crippen molar-refractivity contribution in [2.75, 3.05) is 13.2 Å². The van der Waals surface area contributed by atoms with Gasteiger partial charge in [-0.1, -0.05) is 41.4 Å². The lowest BCUT2D eigenvalue weighted by Crippen LogP contribution is -2.31. The molecule has 0 aliphatic heterocycles. The molecule has 0 aliphatic rings. The van der Waals surface area contributed by atoms with Crippen molar-refractivity contribution in [1.29, 1.82) is 0 Å². The molecule has 0 spiro atoms. The maximum absolute atomic E-state index is 12.2. The number of benzene rings is 2. The van der Waals surface area contributed by atoms with Gasteiger partial charge in [-0.05, 0) is 43.7 Å². The van der Waals surface area contributed by atoms with Crippen LogP contribution in [0.1, 0.15) is 35.8 Å². The molecule has 0 fully saturated rings. The molecular weight excluding hydrogens is 377 g/mol. The highest BCUT2D eigenvalue weighted by molar-refractivity contribution is 6.42. The molecule has 0 heterocycles. The number of rotatable bonds is 7. The molecule has 0 bridgehead atoms. The monoisotopic (exact) mass is 395 g/mol. The molecule has 0 saturated heterocycles. The maximum Gasteiger partial charge on any atom is 0.342 e. The van der Waals surface area contributed by atoms with Gasteiger partial charge in [0.2, 0.25) is 0 Å². The van der Waals surface area contributed by atoms with Crippen LogP contribution in [-0.2, 0) is 9.53 Å². The molecular formula is C19H19Cl2NO4. The van der Waals surface area contributed by atoms with Crippen LogP contribution < -0.4 is 10.1 Å². The van der Waals surface area contributed by atoms with Gasteiger partial charge in [0.1, 0.15) is 11.3 Å². The summed E-state index contributed by atoms with van der Waals surface area (Å²) in [6.07, 6.45) is 0. The number of carbonyl (C=O) groups excluding carboxylic acids is 2. The van der Waals surface area contributed by atoms with Crippen LogP contribution in [0, 0.1) is 0 Å². The summed E-state index contributed by atoms with van der Waals surface area (Å²) < 4.78 is 10.5. The van der Waals surface area contributed by atoms with Crippen molar-refractivity contribution in [3.8, 4) is 5.75 Å². The van der Waals surface area contributed by atoms with Gasteiger partial charge >= 0.3 is 5.97 Å². The van der Waals surface area contributed by atoms with Crippen LogP contribution in [-0.4, -0.2) is 25.1 Å². The Kier molecular flexibility index (Phi) is 7.30. The van der Waals surface area contributed by atoms with E-state index in [-0.39, 0.29) is 11.6 Å². The molecule has 0 aliphatic carbocycles. The molecule has 5 nitrogen and oxygen atoms in total. The molecule has 0 unspecified atom stereocenters. The van der Waals surface area contributed by atoms with Gasteiger partial charge in [0.25, 0.3) is 5.91 Å². The molecule has 2 aromatic carbocycles. The second kappa shape index (κ2) is 9.46. The highest BCUT2D eigenvalue weighted by Gasteiger charge is 2.16. The standard InChI is InChI=1S/C19H19Cl2NO4/c1-3-25-17-7-5-4-6-14(17)19(24)26-11-18(23)22-12(2)13-8-9-15(20)16(21)10-13/h4-10,12H,3,11H2,1-2H3,(H,22,23)/t12-/m0/s1. The zero-order valence-electron chi connectivity index (χ0n) is 14.4. The van der Waals surface area contributed by atoms with Crippen LogP contribution in [0.5, 0.6) is 5.75 Å². The molecule has 1 atom stereocenters. The van der Waals surface area contributed by atoms with Gasteiger partial charge in [-0.2, -0.15) is 0 Å². The number of hydrogen-bond donors (Lipinski definition) is 1. The summed E-state index contributed by atoms with van der Waals surface area (Å²) in [6.45, 7) is 3.64. The normalized spacial score (nSPS) is 11.5. The number of para-hydroxylation sites is 1. The Labute approximate surface area is 162 Å². The molecule has 138 valence electrons. The van der Waals surface area contributed by atoms with Gasteiger partial charge < -0.3 is 14.8 Å². The minimum Gasteiger partial charge on any atom is -0.493 e. The molecule has 7 heteroatoms. The molecule has 2 aromatic rings. The van der Waals surface area contributed by atoms with E-state index in [4.69, 9.17) is 32.7 Å². The lowest BCUT2D eigenvalue weighted by atomic mass is 10.1. The third-order valence-electron chi connectivity index (χ3n) is 3.56. The third kappa shape index (κ3) is 5.38. The molecule has 26 heavy (non-hydrogen) atoms. The predicted octanol–water partition coefficient (Wildman–Crippen LogP) is 4.43. The van der Waals surface area contributed by atoms with Crippen molar-refractivity contribution < 1.29 is 19.1 Å². The molecule has 0 radical (unpaired) electrons. The Bertz CT molecular complexity index is 795. The first-order valence-electron chi connectivity index (χ1n) is 8.05. The van der Waals surface area contributed by atoms with E-state index >= 15 is 0 Å². The van der Waals surface area contributed by atoms with Crippen LogP contribution >= 0.6 is 23.2 Å². The summed E-state index contributed by atoms with van der Waals surface area (Å²) in [5, 5.41) is 3.59. The summed E-state index contributed by atoms with van der Waals surface area (Å²) in [6, 6.07) is 11.5. The maximum atomic E-state index is 12.2. The van der Waals surface area contributed by atoms with Gasteiger partial charge in [0, 0.05) is 0 Å². The molecule has 1 amide bonds. The largest absolute Gasteiger partial charge is 0.493 e. The smallest absolute Gasteiger partial charge is 0.342 e. The number of carbonyl (C=O) groups is 2. The van der Waals surface area contributed by atoms with Crippen molar-refractivity contribution in [3.63, 3.8) is 0 Å². The number of ether oxygens (including phenoxy) is 2. The molecule has 1 N–H and O–H groups in total. The fourth-order valence-electron chi connectivity index (χ4n) is 2.27. The number of amides is 1. The fraction of sp³-hybridized carbons (Fsp3) is 0.263. The number of nitrogens with one attached hydrogen (secondary N) is 1. The Morgan fingerprint density at radius 1 is 1.12 bits per heavy atom. The van der Waals surface area contributed by atoms with Crippen LogP contribution in [0.15, 0.2) is 42.5 Å². The Morgan fingerprint density at radius 3 is 2.54 bits per heavy atom. The van der Waals surface area contributed by atoms with E-state index in [9.17, 15) is 9.59 Å². The van der Waals surface area contributed by atoms with Crippen molar-refractivity contribution in [2.24, 2.45) is 0 Å². The van der Waals surface area contributed by atoms with E-state index in [0.717, 1.165) is 5.56 Å². The summed E-state index contributed by atoms with van der Waals surface area (Å²) >= 11 is 11.9. The first-order valence-corrected chi connectivity index (χ1v) is 8.81. The molecule has 0 saturated carbocycles. The highest BCUT2D eigenvalue weighted by Crippen LogP contribution is 2.25. The van der Waals surface area contributed by atoms with Crippen LogP contribution in [0.25, 0.3) is 0 Å². The first-order chi connectivity index (χ1) is 12.4. The van der Waals surface area contributed by atoms with E-state index in [0.29, 0.717) is 22.4 Å². The fourth-order valence-corrected chi connectivity index (χ4v) is 2.58. The van der Waals surface area contributed by atoms with E-state index in [1.165, 1.54) is 0 Å². The van der Waals surface area contributed by atoms with Crippen molar-refractivity contribution in [2.45, 2.75) is 19.9 Å².